The Kier molecular flexibility index (Phi) is 4.59. The summed E-state index contributed by atoms with van der Waals surface area (Å²) in [5, 5.41) is 0. The summed E-state index contributed by atoms with van der Waals surface area (Å²) in [4.78, 5) is 23.5. The van der Waals surface area contributed by atoms with Gasteiger partial charge in [0.1, 0.15) is 12.2 Å². The van der Waals surface area contributed by atoms with Gasteiger partial charge in [-0.15, -0.1) is 0 Å². The third kappa shape index (κ3) is 3.41. The number of hydrogen-bond acceptors (Lipinski definition) is 7. The normalized spacial score (nSPS) is 15.5. The van der Waals surface area contributed by atoms with Gasteiger partial charge < -0.3 is 14.2 Å². The first-order valence-corrected chi connectivity index (χ1v) is 9.03. The molecule has 8 nitrogen and oxygen atoms in total. The Morgan fingerprint density at radius 2 is 1.93 bits per heavy atom. The minimum absolute atomic E-state index is 0.0495. The number of aromatic nitrogens is 6. The summed E-state index contributed by atoms with van der Waals surface area (Å²) in [5.41, 5.74) is 1.97. The van der Waals surface area contributed by atoms with Crippen molar-refractivity contribution < 1.29 is 9.13 Å². The molecule has 0 amide bonds. The maximum absolute atomic E-state index is 14.1. The molecule has 0 aromatic carbocycles. The van der Waals surface area contributed by atoms with Crippen molar-refractivity contribution in [2.24, 2.45) is 13.0 Å². The first-order valence-electron chi connectivity index (χ1n) is 9.03. The number of piperidine rings is 1. The van der Waals surface area contributed by atoms with Crippen molar-refractivity contribution in [2.45, 2.75) is 26.7 Å². The molecule has 0 unspecified atom stereocenters. The van der Waals surface area contributed by atoms with Crippen LogP contribution in [-0.4, -0.2) is 49.2 Å². The first kappa shape index (κ1) is 17.6. The quantitative estimate of drug-likeness (QED) is 0.695. The molecule has 1 saturated heterocycles. The zero-order valence-electron chi connectivity index (χ0n) is 15.7. The van der Waals surface area contributed by atoms with Crippen molar-refractivity contribution in [2.75, 3.05) is 24.6 Å². The van der Waals surface area contributed by atoms with Gasteiger partial charge in [-0.05, 0) is 32.6 Å². The Morgan fingerprint density at radius 3 is 2.70 bits per heavy atom. The number of anilines is 1. The fourth-order valence-corrected chi connectivity index (χ4v) is 3.44. The third-order valence-electron chi connectivity index (χ3n) is 4.95. The molecule has 0 radical (unpaired) electrons. The number of imidazole rings is 1. The number of fused-ring (bicyclic) bond motifs is 1. The van der Waals surface area contributed by atoms with E-state index in [1.165, 1.54) is 0 Å². The molecule has 3 aromatic rings. The van der Waals surface area contributed by atoms with Gasteiger partial charge in [-0.2, -0.15) is 9.37 Å². The lowest BCUT2D eigenvalue weighted by molar-refractivity contribution is 0.206. The Hall–Kier alpha value is -2.84. The van der Waals surface area contributed by atoms with E-state index in [9.17, 15) is 4.39 Å². The van der Waals surface area contributed by atoms with Crippen molar-refractivity contribution in [1.29, 1.82) is 0 Å². The molecule has 0 aliphatic carbocycles. The summed E-state index contributed by atoms with van der Waals surface area (Å²) < 4.78 is 21.6. The predicted octanol–water partition coefficient (Wildman–Crippen LogP) is 2.20. The molecule has 27 heavy (non-hydrogen) atoms. The summed E-state index contributed by atoms with van der Waals surface area (Å²) in [5.74, 6) is 1.30. The van der Waals surface area contributed by atoms with E-state index in [2.05, 4.69) is 29.8 Å². The lowest BCUT2D eigenvalue weighted by atomic mass is 9.98. The van der Waals surface area contributed by atoms with Gasteiger partial charge in [0, 0.05) is 20.1 Å². The molecule has 0 saturated carbocycles. The second kappa shape index (κ2) is 7.05. The minimum atomic E-state index is -0.475. The Balaban J connectivity index is 1.39. The van der Waals surface area contributed by atoms with Crippen LogP contribution < -0.4 is 9.64 Å². The lowest BCUT2D eigenvalue weighted by Crippen LogP contribution is -2.36. The largest absolute Gasteiger partial charge is 0.475 e. The van der Waals surface area contributed by atoms with Crippen molar-refractivity contribution in [3.05, 3.63) is 30.0 Å². The summed E-state index contributed by atoms with van der Waals surface area (Å²) in [7, 11) is 1.92. The van der Waals surface area contributed by atoms with E-state index < -0.39 is 5.82 Å². The molecule has 3 aromatic heterocycles. The molecule has 4 heterocycles. The zero-order valence-corrected chi connectivity index (χ0v) is 15.7. The SMILES string of the molecule is Cc1nc(C)c(F)c(OCC2CCN(c3ncnc4c3ncn4C)CC2)n1. The number of aryl methyl sites for hydroxylation is 3. The molecular weight excluding hydrogens is 349 g/mol. The van der Waals surface area contributed by atoms with Gasteiger partial charge in [0.05, 0.1) is 18.6 Å². The highest BCUT2D eigenvalue weighted by atomic mass is 19.1. The minimum Gasteiger partial charge on any atom is -0.475 e. The van der Waals surface area contributed by atoms with Crippen LogP contribution in [0.2, 0.25) is 0 Å². The van der Waals surface area contributed by atoms with E-state index in [0.29, 0.717) is 24.0 Å². The predicted molar refractivity (Wildman–Crippen MR) is 98.2 cm³/mol. The van der Waals surface area contributed by atoms with E-state index in [-0.39, 0.29) is 5.88 Å². The van der Waals surface area contributed by atoms with Gasteiger partial charge in [0.15, 0.2) is 17.0 Å². The lowest BCUT2D eigenvalue weighted by Gasteiger charge is -2.32. The van der Waals surface area contributed by atoms with Crippen LogP contribution in [-0.2, 0) is 7.05 Å². The fraction of sp³-hybridized carbons (Fsp3) is 0.500. The highest BCUT2D eigenvalue weighted by Gasteiger charge is 2.24. The maximum Gasteiger partial charge on any atom is 0.254 e. The number of nitrogens with zero attached hydrogens (tertiary/aromatic N) is 7. The molecule has 142 valence electrons. The smallest absolute Gasteiger partial charge is 0.254 e. The first-order chi connectivity index (χ1) is 13.0. The summed E-state index contributed by atoms with van der Waals surface area (Å²) in [6.45, 7) is 5.50. The van der Waals surface area contributed by atoms with Crippen molar-refractivity contribution in [1.82, 2.24) is 29.5 Å². The van der Waals surface area contributed by atoms with Gasteiger partial charge in [0.25, 0.3) is 5.88 Å². The van der Waals surface area contributed by atoms with E-state index in [4.69, 9.17) is 4.74 Å². The van der Waals surface area contributed by atoms with Crippen LogP contribution in [0.3, 0.4) is 0 Å². The third-order valence-corrected chi connectivity index (χ3v) is 4.95. The van der Waals surface area contributed by atoms with E-state index in [1.54, 1.807) is 26.5 Å². The van der Waals surface area contributed by atoms with Gasteiger partial charge in [-0.25, -0.2) is 19.9 Å². The van der Waals surface area contributed by atoms with Crippen LogP contribution in [0.5, 0.6) is 5.88 Å². The van der Waals surface area contributed by atoms with Gasteiger partial charge >= 0.3 is 0 Å². The standard InChI is InChI=1S/C18H22FN7O/c1-11-14(19)18(24-12(2)23-11)27-8-13-4-6-26(7-5-13)17-15-16(20-9-21-17)25(3)10-22-15/h9-10,13H,4-8H2,1-3H3. The van der Waals surface area contributed by atoms with E-state index in [0.717, 1.165) is 42.9 Å². The zero-order chi connectivity index (χ0) is 19.0. The Morgan fingerprint density at radius 1 is 1.15 bits per heavy atom. The summed E-state index contributed by atoms with van der Waals surface area (Å²) in [6, 6.07) is 0. The topological polar surface area (TPSA) is 81.9 Å². The van der Waals surface area contributed by atoms with E-state index in [1.807, 2.05) is 11.6 Å². The number of rotatable bonds is 4. The monoisotopic (exact) mass is 371 g/mol. The van der Waals surface area contributed by atoms with Crippen molar-refractivity contribution >= 4 is 17.0 Å². The van der Waals surface area contributed by atoms with Crippen LogP contribution in [0.25, 0.3) is 11.2 Å². The molecule has 4 rings (SSSR count). The molecule has 0 bridgehead atoms. The maximum atomic E-state index is 14.1. The Bertz CT molecular complexity index is 966. The average molecular weight is 371 g/mol. The fourth-order valence-electron chi connectivity index (χ4n) is 3.44. The average Bonchev–Trinajstić information content (AvgIpc) is 3.05. The molecule has 1 aliphatic heterocycles. The Labute approximate surface area is 156 Å². The second-order valence-electron chi connectivity index (χ2n) is 6.94. The highest BCUT2D eigenvalue weighted by Crippen LogP contribution is 2.27. The van der Waals surface area contributed by atoms with Crippen LogP contribution in [0.4, 0.5) is 10.2 Å². The molecular formula is C18H22FN7O. The molecule has 0 spiro atoms. The van der Waals surface area contributed by atoms with Crippen LogP contribution in [0.1, 0.15) is 24.4 Å². The van der Waals surface area contributed by atoms with Gasteiger partial charge in [0.2, 0.25) is 5.82 Å². The molecule has 9 heteroatoms. The highest BCUT2D eigenvalue weighted by molar-refractivity contribution is 5.83. The summed E-state index contributed by atoms with van der Waals surface area (Å²) >= 11 is 0. The van der Waals surface area contributed by atoms with Crippen LogP contribution in [0.15, 0.2) is 12.7 Å². The van der Waals surface area contributed by atoms with Crippen LogP contribution >= 0.6 is 0 Å². The molecule has 1 fully saturated rings. The molecule has 0 N–H and O–H groups in total. The summed E-state index contributed by atoms with van der Waals surface area (Å²) in [6.07, 6.45) is 5.20. The van der Waals surface area contributed by atoms with E-state index >= 15 is 0 Å². The molecule has 0 atom stereocenters. The van der Waals surface area contributed by atoms with Gasteiger partial charge in [-0.1, -0.05) is 0 Å². The number of ether oxygens (including phenoxy) is 1. The molecule has 1 aliphatic rings. The number of halogens is 1. The van der Waals surface area contributed by atoms with Crippen LogP contribution in [0, 0.1) is 25.6 Å². The van der Waals surface area contributed by atoms with Crippen molar-refractivity contribution in [3.8, 4) is 5.88 Å². The number of hydrogen-bond donors (Lipinski definition) is 0. The van der Waals surface area contributed by atoms with Gasteiger partial charge in [-0.3, -0.25) is 0 Å². The van der Waals surface area contributed by atoms with Crippen molar-refractivity contribution in [3.63, 3.8) is 0 Å². The second-order valence-corrected chi connectivity index (χ2v) is 6.94.